The number of hydrogen-bond donors (Lipinski definition) is 3. The molecule has 0 spiro atoms. The lowest BCUT2D eigenvalue weighted by Gasteiger charge is -2.21. The van der Waals surface area contributed by atoms with E-state index in [1.54, 1.807) is 0 Å². The van der Waals surface area contributed by atoms with Crippen LogP contribution in [-0.2, 0) is 6.18 Å². The first-order chi connectivity index (χ1) is 17.5. The Balaban J connectivity index is 1.95. The van der Waals surface area contributed by atoms with Crippen LogP contribution in [-0.4, -0.2) is 51.6 Å². The number of thioether (sulfide) groups is 1. The van der Waals surface area contributed by atoms with Crippen LogP contribution >= 0.6 is 23.4 Å². The van der Waals surface area contributed by atoms with Crippen molar-refractivity contribution in [1.29, 1.82) is 0 Å². The number of aromatic amines is 1. The fourth-order valence-corrected chi connectivity index (χ4v) is 5.59. The maximum atomic E-state index is 13.5. The first kappa shape index (κ1) is 29.4. The van der Waals surface area contributed by atoms with Crippen molar-refractivity contribution < 1.29 is 23.4 Å². The summed E-state index contributed by atoms with van der Waals surface area (Å²) in [5.74, 6) is -0.0493. The van der Waals surface area contributed by atoms with Gasteiger partial charge < -0.3 is 20.1 Å². The zero-order chi connectivity index (χ0) is 27.2. The summed E-state index contributed by atoms with van der Waals surface area (Å²) >= 11 is 7.20. The molecular weight excluding hydrogens is 525 g/mol. The molecule has 10 heteroatoms. The van der Waals surface area contributed by atoms with Gasteiger partial charge in [0.05, 0.1) is 16.6 Å². The molecule has 1 heterocycles. The van der Waals surface area contributed by atoms with E-state index in [4.69, 9.17) is 11.6 Å². The van der Waals surface area contributed by atoms with E-state index in [1.165, 1.54) is 24.3 Å². The third-order valence-corrected chi connectivity index (χ3v) is 7.50. The number of pyridine rings is 1. The number of H-pyrrole nitrogens is 1. The second-order valence-electron chi connectivity index (χ2n) is 9.03. The number of aromatic hydroxyl groups is 1. The molecular formula is C27H32ClF3N2O3S. The van der Waals surface area contributed by atoms with Gasteiger partial charge in [-0.3, -0.25) is 4.79 Å². The number of hydrogen-bond acceptors (Lipinski definition) is 5. The number of phenols is 1. The van der Waals surface area contributed by atoms with Crippen molar-refractivity contribution in [2.75, 3.05) is 25.4 Å². The Morgan fingerprint density at radius 1 is 1.08 bits per heavy atom. The van der Waals surface area contributed by atoms with Gasteiger partial charge in [0.15, 0.2) is 0 Å². The smallest absolute Gasteiger partial charge is 0.416 e. The summed E-state index contributed by atoms with van der Waals surface area (Å²) < 4.78 is 40.5. The third kappa shape index (κ3) is 7.66. The third-order valence-electron chi connectivity index (χ3n) is 6.04. The fraction of sp³-hybridized carbons (Fsp3) is 0.444. The summed E-state index contributed by atoms with van der Waals surface area (Å²) in [7, 11) is 0. The molecule has 0 saturated carbocycles. The average molecular weight is 557 g/mol. The summed E-state index contributed by atoms with van der Waals surface area (Å²) in [5.41, 5.74) is -0.900. The SMILES string of the molecule is CCCN(CCC)CCCC(O)CSc1c(-c2cc(Cl)ccc2O)c2cc(C(F)(F)F)ccc2[nH]c1=O. The number of nitrogens with one attached hydrogen (secondary N) is 1. The minimum absolute atomic E-state index is 0.113. The van der Waals surface area contributed by atoms with E-state index < -0.39 is 23.4 Å². The lowest BCUT2D eigenvalue weighted by molar-refractivity contribution is -0.137. The number of fused-ring (bicyclic) bond motifs is 1. The van der Waals surface area contributed by atoms with E-state index in [9.17, 15) is 28.2 Å². The molecule has 3 aromatic rings. The second kappa shape index (κ2) is 13.0. The van der Waals surface area contributed by atoms with Gasteiger partial charge in [-0.05, 0) is 81.7 Å². The molecule has 2 aromatic carbocycles. The van der Waals surface area contributed by atoms with Crippen molar-refractivity contribution in [1.82, 2.24) is 9.88 Å². The molecule has 0 aliphatic rings. The molecule has 0 amide bonds. The molecule has 202 valence electrons. The van der Waals surface area contributed by atoms with Crippen LogP contribution in [0.25, 0.3) is 22.0 Å². The van der Waals surface area contributed by atoms with Gasteiger partial charge in [0.2, 0.25) is 0 Å². The van der Waals surface area contributed by atoms with E-state index in [0.29, 0.717) is 6.42 Å². The van der Waals surface area contributed by atoms with Crippen LogP contribution in [0.1, 0.15) is 45.1 Å². The molecule has 1 atom stereocenters. The van der Waals surface area contributed by atoms with E-state index >= 15 is 0 Å². The van der Waals surface area contributed by atoms with Gasteiger partial charge in [-0.1, -0.05) is 25.4 Å². The zero-order valence-electron chi connectivity index (χ0n) is 20.9. The number of aliphatic hydroxyl groups is 1. The Hall–Kier alpha value is -2.20. The Labute approximate surface area is 223 Å². The van der Waals surface area contributed by atoms with E-state index in [2.05, 4.69) is 23.7 Å². The lowest BCUT2D eigenvalue weighted by atomic mass is 9.98. The monoisotopic (exact) mass is 556 g/mol. The largest absolute Gasteiger partial charge is 0.507 e. The normalized spacial score (nSPS) is 13.0. The Kier molecular flexibility index (Phi) is 10.3. The topological polar surface area (TPSA) is 76.6 Å². The molecule has 37 heavy (non-hydrogen) atoms. The number of phenolic OH excluding ortho intramolecular Hbond substituents is 1. The van der Waals surface area contributed by atoms with Crippen molar-refractivity contribution in [2.24, 2.45) is 0 Å². The molecule has 0 saturated heterocycles. The number of alkyl halides is 3. The minimum atomic E-state index is -4.59. The molecule has 1 aromatic heterocycles. The summed E-state index contributed by atoms with van der Waals surface area (Å²) in [6, 6.07) is 7.26. The molecule has 3 N–H and O–H groups in total. The van der Waals surface area contributed by atoms with Gasteiger partial charge in [0, 0.05) is 32.8 Å². The number of nitrogens with zero attached hydrogens (tertiary/aromatic N) is 1. The predicted octanol–water partition coefficient (Wildman–Crippen LogP) is 6.93. The molecule has 0 radical (unpaired) electrons. The van der Waals surface area contributed by atoms with Gasteiger partial charge in [-0.2, -0.15) is 13.2 Å². The van der Waals surface area contributed by atoms with E-state index in [0.717, 1.165) is 62.8 Å². The molecule has 0 fully saturated rings. The van der Waals surface area contributed by atoms with Gasteiger partial charge >= 0.3 is 6.18 Å². The maximum Gasteiger partial charge on any atom is 0.416 e. The Morgan fingerprint density at radius 2 is 1.78 bits per heavy atom. The highest BCUT2D eigenvalue weighted by Gasteiger charge is 2.31. The number of rotatable bonds is 12. The Bertz CT molecular complexity index is 1260. The van der Waals surface area contributed by atoms with Gasteiger partial charge in [-0.25, -0.2) is 0 Å². The van der Waals surface area contributed by atoms with Crippen molar-refractivity contribution in [3.63, 3.8) is 0 Å². The first-order valence-corrected chi connectivity index (χ1v) is 13.7. The summed E-state index contributed by atoms with van der Waals surface area (Å²) in [4.78, 5) is 18.2. The van der Waals surface area contributed by atoms with Crippen LogP contribution in [0.15, 0.2) is 46.1 Å². The van der Waals surface area contributed by atoms with Crippen LogP contribution in [0.2, 0.25) is 5.02 Å². The van der Waals surface area contributed by atoms with Crippen molar-refractivity contribution in [3.8, 4) is 16.9 Å². The number of aromatic nitrogens is 1. The van der Waals surface area contributed by atoms with Crippen LogP contribution in [0.3, 0.4) is 0 Å². The highest BCUT2D eigenvalue weighted by atomic mass is 35.5. The molecule has 3 rings (SSSR count). The summed E-state index contributed by atoms with van der Waals surface area (Å²) in [6.07, 6.45) is -1.89. The second-order valence-corrected chi connectivity index (χ2v) is 10.5. The van der Waals surface area contributed by atoms with Crippen molar-refractivity contribution in [2.45, 2.75) is 56.7 Å². The van der Waals surface area contributed by atoms with E-state index in [1.807, 2.05) is 0 Å². The van der Waals surface area contributed by atoms with Crippen LogP contribution < -0.4 is 5.56 Å². The molecule has 0 aliphatic heterocycles. The first-order valence-electron chi connectivity index (χ1n) is 12.3. The summed E-state index contributed by atoms with van der Waals surface area (Å²) in [5, 5.41) is 21.6. The van der Waals surface area contributed by atoms with Gasteiger partial charge in [0.25, 0.3) is 5.56 Å². The van der Waals surface area contributed by atoms with E-state index in [-0.39, 0.29) is 43.5 Å². The van der Waals surface area contributed by atoms with Gasteiger partial charge in [-0.15, -0.1) is 11.8 Å². The predicted molar refractivity (Wildman–Crippen MR) is 145 cm³/mol. The molecule has 1 unspecified atom stereocenters. The highest BCUT2D eigenvalue weighted by Crippen LogP contribution is 2.42. The number of benzene rings is 2. The lowest BCUT2D eigenvalue weighted by Crippen LogP contribution is -2.27. The molecule has 0 bridgehead atoms. The number of halogens is 4. The highest BCUT2D eigenvalue weighted by molar-refractivity contribution is 7.99. The molecule has 5 nitrogen and oxygen atoms in total. The fourth-order valence-electron chi connectivity index (χ4n) is 4.35. The zero-order valence-corrected chi connectivity index (χ0v) is 22.4. The molecule has 0 aliphatic carbocycles. The Morgan fingerprint density at radius 3 is 2.43 bits per heavy atom. The maximum absolute atomic E-state index is 13.5. The average Bonchev–Trinajstić information content (AvgIpc) is 2.83. The van der Waals surface area contributed by atoms with Crippen molar-refractivity contribution in [3.05, 3.63) is 57.3 Å². The quantitative estimate of drug-likeness (QED) is 0.211. The number of aliphatic hydroxyl groups excluding tert-OH is 1. The minimum Gasteiger partial charge on any atom is -0.507 e. The van der Waals surface area contributed by atoms with Crippen LogP contribution in [0.4, 0.5) is 13.2 Å². The standard InChI is InChI=1S/C27H32ClF3N2O3S/c1-3-11-33(12-4-2)13-5-6-19(34)16-37-25-24(21-15-18(28)8-10-23(21)35)20-14-17(27(29,30)31)7-9-22(20)32-26(25)36/h7-10,14-15,19,34-35H,3-6,11-13,16H2,1-2H3,(H,32,36). The van der Waals surface area contributed by atoms with Gasteiger partial charge in [0.1, 0.15) is 5.75 Å². The van der Waals surface area contributed by atoms with Crippen LogP contribution in [0.5, 0.6) is 5.75 Å². The summed E-state index contributed by atoms with van der Waals surface area (Å²) in [6.45, 7) is 7.11. The van der Waals surface area contributed by atoms with Crippen LogP contribution in [0, 0.1) is 0 Å². The van der Waals surface area contributed by atoms with Crippen molar-refractivity contribution >= 4 is 34.3 Å².